The number of alkyl carbamates (subject to hydrolysis) is 1. The Morgan fingerprint density at radius 2 is 1.59 bits per heavy atom. The van der Waals surface area contributed by atoms with E-state index in [9.17, 15) is 19.5 Å². The summed E-state index contributed by atoms with van der Waals surface area (Å²) in [4.78, 5) is 39.3. The lowest BCUT2D eigenvalue weighted by molar-refractivity contribution is -0.136. The molecule has 0 aromatic heterocycles. The fourth-order valence-corrected chi connectivity index (χ4v) is 5.61. The maximum absolute atomic E-state index is 13.1. The van der Waals surface area contributed by atoms with Gasteiger partial charge in [0.05, 0.1) is 5.69 Å². The van der Waals surface area contributed by atoms with Crippen LogP contribution in [0.3, 0.4) is 0 Å². The van der Waals surface area contributed by atoms with E-state index >= 15 is 0 Å². The van der Waals surface area contributed by atoms with Gasteiger partial charge in [0, 0.05) is 16.6 Å². The predicted octanol–water partition coefficient (Wildman–Crippen LogP) is 4.12. The van der Waals surface area contributed by atoms with Crippen LogP contribution in [0.25, 0.3) is 11.1 Å². The van der Waals surface area contributed by atoms with Gasteiger partial charge in [0.25, 0.3) is 5.91 Å². The van der Waals surface area contributed by atoms with E-state index in [-0.39, 0.29) is 18.3 Å². The molecule has 172 valence electrons. The number of carbonyl (C=O) groups is 3. The standard InChI is InChI=1S/C26H22N2O5S/c29-24(30)13-28-22-11-5-6-12-23(22)34-15-21(25(28)31)27-26(32)33-14-20-18-9-3-1-7-16(18)17-8-2-4-10-19(17)20/h1-12,20-21H,13-15H2,(H,27,32)(H,29,30)/t21-/m0/s1. The van der Waals surface area contributed by atoms with E-state index in [4.69, 9.17) is 4.74 Å². The van der Waals surface area contributed by atoms with Crippen molar-refractivity contribution >= 4 is 35.4 Å². The van der Waals surface area contributed by atoms with Gasteiger partial charge in [-0.3, -0.25) is 14.5 Å². The Kier molecular flexibility index (Phi) is 5.98. The Balaban J connectivity index is 1.30. The number of hydrogen-bond donors (Lipinski definition) is 2. The van der Waals surface area contributed by atoms with Crippen molar-refractivity contribution in [2.45, 2.75) is 16.9 Å². The number of benzene rings is 3. The summed E-state index contributed by atoms with van der Waals surface area (Å²) in [6, 6.07) is 22.3. The van der Waals surface area contributed by atoms with Crippen molar-refractivity contribution in [1.29, 1.82) is 0 Å². The lowest BCUT2D eigenvalue weighted by Crippen LogP contribution is -2.50. The van der Waals surface area contributed by atoms with Crippen LogP contribution in [-0.4, -0.2) is 48.0 Å². The molecule has 0 bridgehead atoms. The fourth-order valence-electron chi connectivity index (χ4n) is 4.54. The smallest absolute Gasteiger partial charge is 0.407 e. The largest absolute Gasteiger partial charge is 0.480 e. The highest BCUT2D eigenvalue weighted by molar-refractivity contribution is 7.99. The van der Waals surface area contributed by atoms with Gasteiger partial charge in [0.1, 0.15) is 19.2 Å². The van der Waals surface area contributed by atoms with Crippen molar-refractivity contribution in [3.05, 3.63) is 83.9 Å². The monoisotopic (exact) mass is 474 g/mol. The van der Waals surface area contributed by atoms with E-state index in [1.807, 2.05) is 48.5 Å². The number of nitrogens with zero attached hydrogens (tertiary/aromatic N) is 1. The average molecular weight is 475 g/mol. The van der Waals surface area contributed by atoms with Gasteiger partial charge < -0.3 is 15.2 Å². The first kappa shape index (κ1) is 22.0. The second-order valence-corrected chi connectivity index (χ2v) is 9.18. The number of fused-ring (bicyclic) bond motifs is 4. The molecule has 8 heteroatoms. The number of ether oxygens (including phenoxy) is 1. The number of nitrogens with one attached hydrogen (secondary N) is 1. The molecule has 2 amide bonds. The van der Waals surface area contributed by atoms with E-state index in [2.05, 4.69) is 17.4 Å². The summed E-state index contributed by atoms with van der Waals surface area (Å²) >= 11 is 1.39. The molecular formula is C26H22N2O5S. The van der Waals surface area contributed by atoms with Crippen LogP contribution in [0.5, 0.6) is 0 Å². The number of hydrogen-bond acceptors (Lipinski definition) is 5. The van der Waals surface area contributed by atoms with E-state index in [1.165, 1.54) is 16.7 Å². The summed E-state index contributed by atoms with van der Waals surface area (Å²) in [6.07, 6.45) is -0.706. The minimum atomic E-state index is -1.13. The highest BCUT2D eigenvalue weighted by Crippen LogP contribution is 2.44. The maximum atomic E-state index is 13.1. The zero-order chi connectivity index (χ0) is 23.7. The summed E-state index contributed by atoms with van der Waals surface area (Å²) in [5, 5.41) is 12.0. The molecule has 2 N–H and O–H groups in total. The normalized spacial score (nSPS) is 16.8. The van der Waals surface area contributed by atoms with Crippen LogP contribution in [0.2, 0.25) is 0 Å². The minimum absolute atomic E-state index is 0.0925. The molecule has 1 atom stereocenters. The van der Waals surface area contributed by atoms with Gasteiger partial charge in [-0.2, -0.15) is 0 Å². The molecule has 0 saturated carbocycles. The molecule has 3 aromatic rings. The summed E-state index contributed by atoms with van der Waals surface area (Å²) in [5.74, 6) is -1.43. The first-order chi connectivity index (χ1) is 16.5. The molecule has 0 saturated heterocycles. The third kappa shape index (κ3) is 4.12. The minimum Gasteiger partial charge on any atom is -0.480 e. The summed E-state index contributed by atoms with van der Waals surface area (Å²) in [7, 11) is 0. The lowest BCUT2D eigenvalue weighted by atomic mass is 9.98. The molecule has 2 aliphatic rings. The van der Waals surface area contributed by atoms with Crippen molar-refractivity contribution in [2.75, 3.05) is 23.8 Å². The van der Waals surface area contributed by atoms with Crippen molar-refractivity contribution in [1.82, 2.24) is 5.32 Å². The summed E-state index contributed by atoms with van der Waals surface area (Å²) < 4.78 is 5.58. The molecule has 0 fully saturated rings. The SMILES string of the molecule is O=C(O)CN1C(=O)[C@@H](NC(=O)OCC2c3ccccc3-c3ccccc32)CSc2ccccc21. The third-order valence-electron chi connectivity index (χ3n) is 6.05. The molecular weight excluding hydrogens is 452 g/mol. The van der Waals surface area contributed by atoms with Crippen molar-refractivity contribution < 1.29 is 24.2 Å². The van der Waals surface area contributed by atoms with Gasteiger partial charge in [-0.1, -0.05) is 60.7 Å². The van der Waals surface area contributed by atoms with Crippen LogP contribution in [0.15, 0.2) is 77.7 Å². The second-order valence-electron chi connectivity index (χ2n) is 8.12. The number of carboxylic acids is 1. The third-order valence-corrected chi connectivity index (χ3v) is 7.21. The van der Waals surface area contributed by atoms with E-state index in [0.29, 0.717) is 5.69 Å². The summed E-state index contributed by atoms with van der Waals surface area (Å²) in [5.41, 5.74) is 4.98. The number of anilines is 1. The van der Waals surface area contributed by atoms with Crippen molar-refractivity contribution in [2.24, 2.45) is 0 Å². The quantitative estimate of drug-likeness (QED) is 0.578. The number of carbonyl (C=O) groups excluding carboxylic acids is 2. The molecule has 1 heterocycles. The van der Waals surface area contributed by atoms with Crippen LogP contribution in [0.1, 0.15) is 17.0 Å². The zero-order valence-corrected chi connectivity index (χ0v) is 19.0. The van der Waals surface area contributed by atoms with Gasteiger partial charge in [-0.25, -0.2) is 4.79 Å². The average Bonchev–Trinajstić information content (AvgIpc) is 3.10. The summed E-state index contributed by atoms with van der Waals surface area (Å²) in [6.45, 7) is -0.355. The van der Waals surface area contributed by atoms with Crippen LogP contribution in [-0.2, 0) is 14.3 Å². The Hall–Kier alpha value is -3.78. The van der Waals surface area contributed by atoms with Crippen molar-refractivity contribution in [3.8, 4) is 11.1 Å². The van der Waals surface area contributed by atoms with Crippen molar-refractivity contribution in [3.63, 3.8) is 0 Å². The molecule has 5 rings (SSSR count). The Labute approximate surface area is 200 Å². The van der Waals surface area contributed by atoms with Crippen LogP contribution < -0.4 is 10.2 Å². The number of rotatable bonds is 5. The Morgan fingerprint density at radius 3 is 2.26 bits per heavy atom. The van der Waals surface area contributed by atoms with Gasteiger partial charge in [0.2, 0.25) is 0 Å². The highest BCUT2D eigenvalue weighted by atomic mass is 32.2. The lowest BCUT2D eigenvalue weighted by Gasteiger charge is -2.24. The molecule has 1 aliphatic heterocycles. The van der Waals surface area contributed by atoms with Gasteiger partial charge in [-0.05, 0) is 34.4 Å². The van der Waals surface area contributed by atoms with Crippen LogP contribution in [0.4, 0.5) is 10.5 Å². The Morgan fingerprint density at radius 1 is 0.971 bits per heavy atom. The zero-order valence-electron chi connectivity index (χ0n) is 18.1. The number of carboxylic acid groups (broad SMARTS) is 1. The fraction of sp³-hybridized carbons (Fsp3) is 0.192. The molecule has 0 radical (unpaired) electrons. The molecule has 0 unspecified atom stereocenters. The number of thioether (sulfide) groups is 1. The van der Waals surface area contributed by atoms with Crippen LogP contribution >= 0.6 is 11.8 Å². The van der Waals surface area contributed by atoms with Gasteiger partial charge in [0.15, 0.2) is 0 Å². The number of para-hydroxylation sites is 1. The number of amides is 2. The van der Waals surface area contributed by atoms with Gasteiger partial charge in [-0.15, -0.1) is 11.8 Å². The maximum Gasteiger partial charge on any atom is 0.407 e. The van der Waals surface area contributed by atoms with E-state index in [0.717, 1.165) is 27.1 Å². The topological polar surface area (TPSA) is 95.9 Å². The molecule has 3 aromatic carbocycles. The van der Waals surface area contributed by atoms with Gasteiger partial charge >= 0.3 is 12.1 Å². The Bertz CT molecular complexity index is 1230. The molecule has 34 heavy (non-hydrogen) atoms. The first-order valence-electron chi connectivity index (χ1n) is 10.9. The highest BCUT2D eigenvalue weighted by Gasteiger charge is 2.34. The number of aliphatic carboxylic acids is 1. The van der Waals surface area contributed by atoms with E-state index < -0.39 is 30.6 Å². The second kappa shape index (κ2) is 9.23. The first-order valence-corrected chi connectivity index (χ1v) is 11.9. The molecule has 1 aliphatic carbocycles. The molecule has 0 spiro atoms. The molecule has 7 nitrogen and oxygen atoms in total. The van der Waals surface area contributed by atoms with Crippen LogP contribution in [0, 0.1) is 0 Å². The predicted molar refractivity (Wildman–Crippen MR) is 129 cm³/mol. The van der Waals surface area contributed by atoms with E-state index in [1.54, 1.807) is 12.1 Å².